The van der Waals surface area contributed by atoms with Gasteiger partial charge in [-0.2, -0.15) is 0 Å². The first kappa shape index (κ1) is 23.1. The summed E-state index contributed by atoms with van der Waals surface area (Å²) in [6, 6.07) is 19.6. The Bertz CT molecular complexity index is 1140. The first-order valence-electron chi connectivity index (χ1n) is 13.0. The number of hydrogen-bond donors (Lipinski definition) is 1. The van der Waals surface area contributed by atoms with Crippen LogP contribution in [0.2, 0.25) is 0 Å². The summed E-state index contributed by atoms with van der Waals surface area (Å²) in [7, 11) is 0. The number of rotatable bonds is 7. The van der Waals surface area contributed by atoms with Crippen LogP contribution in [0.1, 0.15) is 24.0 Å². The highest BCUT2D eigenvalue weighted by Gasteiger charge is 2.22. The first-order chi connectivity index (χ1) is 17.8. The highest BCUT2D eigenvalue weighted by Crippen LogP contribution is 2.33. The van der Waals surface area contributed by atoms with E-state index in [4.69, 9.17) is 9.47 Å². The molecule has 0 unspecified atom stereocenters. The fourth-order valence-electron chi connectivity index (χ4n) is 5.32. The Balaban J connectivity index is 0.977. The number of anilines is 2. The summed E-state index contributed by atoms with van der Waals surface area (Å²) < 4.78 is 11.0. The number of aromatic nitrogens is 2. The predicted molar refractivity (Wildman–Crippen MR) is 140 cm³/mol. The second kappa shape index (κ2) is 10.7. The third kappa shape index (κ3) is 5.55. The zero-order valence-electron chi connectivity index (χ0n) is 20.7. The van der Waals surface area contributed by atoms with Gasteiger partial charge >= 0.3 is 0 Å². The molecule has 1 aromatic heterocycles. The third-order valence-corrected chi connectivity index (χ3v) is 7.38. The van der Waals surface area contributed by atoms with Crippen molar-refractivity contribution < 1.29 is 9.47 Å². The number of piperidine rings is 1. The van der Waals surface area contributed by atoms with Gasteiger partial charge in [-0.3, -0.25) is 9.80 Å². The summed E-state index contributed by atoms with van der Waals surface area (Å²) in [5.74, 6) is 3.64. The number of benzene rings is 2. The van der Waals surface area contributed by atoms with E-state index < -0.39 is 0 Å². The molecule has 3 aromatic rings. The largest absolute Gasteiger partial charge is 0.454 e. The van der Waals surface area contributed by atoms with Crippen molar-refractivity contribution in [2.75, 3.05) is 56.3 Å². The fourth-order valence-corrected chi connectivity index (χ4v) is 5.32. The van der Waals surface area contributed by atoms with Crippen LogP contribution in [0.25, 0.3) is 0 Å². The zero-order chi connectivity index (χ0) is 24.2. The molecule has 8 heteroatoms. The lowest BCUT2D eigenvalue weighted by Gasteiger charge is -2.35. The van der Waals surface area contributed by atoms with Crippen molar-refractivity contribution in [1.82, 2.24) is 19.8 Å². The van der Waals surface area contributed by atoms with E-state index in [0.29, 0.717) is 12.8 Å². The molecule has 0 spiro atoms. The maximum atomic E-state index is 5.53. The lowest BCUT2D eigenvalue weighted by molar-refractivity contribution is 0.174. The lowest BCUT2D eigenvalue weighted by atomic mass is 10.0. The van der Waals surface area contributed by atoms with Crippen LogP contribution in [-0.2, 0) is 13.1 Å². The van der Waals surface area contributed by atoms with E-state index in [1.54, 1.807) is 6.33 Å². The summed E-state index contributed by atoms with van der Waals surface area (Å²) in [4.78, 5) is 16.5. The Morgan fingerprint density at radius 3 is 2.33 bits per heavy atom. The number of likely N-dealkylation sites (tertiary alicyclic amines) is 1. The van der Waals surface area contributed by atoms with Crippen LogP contribution in [0.3, 0.4) is 0 Å². The maximum Gasteiger partial charge on any atom is 0.231 e. The van der Waals surface area contributed by atoms with Gasteiger partial charge in [-0.25, -0.2) is 9.97 Å². The average molecular weight is 487 g/mol. The summed E-state index contributed by atoms with van der Waals surface area (Å²) in [5, 5.41) is 3.67. The van der Waals surface area contributed by atoms with E-state index in [1.165, 1.54) is 11.1 Å². The van der Waals surface area contributed by atoms with E-state index in [-0.39, 0.29) is 0 Å². The molecule has 8 nitrogen and oxygen atoms in total. The van der Waals surface area contributed by atoms with Crippen molar-refractivity contribution in [3.63, 3.8) is 0 Å². The standard InChI is InChI=1S/C28H34N6O2/c1-2-4-22(5-3-1)18-32-10-8-24(9-11-32)31-27-17-28(30-20-29-27)34-14-12-33(13-15-34)19-23-6-7-25-26(16-23)36-21-35-25/h1-7,16-17,20,24H,8-15,18-19,21H2,(H,29,30,31). The van der Waals surface area contributed by atoms with Gasteiger partial charge in [-0.05, 0) is 36.1 Å². The first-order valence-corrected chi connectivity index (χ1v) is 13.0. The van der Waals surface area contributed by atoms with Crippen LogP contribution in [0.5, 0.6) is 11.5 Å². The van der Waals surface area contributed by atoms with Gasteiger partial charge in [0.25, 0.3) is 0 Å². The topological polar surface area (TPSA) is 66.0 Å². The molecule has 0 atom stereocenters. The molecule has 3 aliphatic rings. The number of nitrogens with one attached hydrogen (secondary N) is 1. The molecule has 0 radical (unpaired) electrons. The van der Waals surface area contributed by atoms with Gasteiger partial charge in [0.1, 0.15) is 18.0 Å². The van der Waals surface area contributed by atoms with Crippen molar-refractivity contribution in [2.24, 2.45) is 0 Å². The number of piperazine rings is 1. The van der Waals surface area contributed by atoms with Crippen LogP contribution >= 0.6 is 0 Å². The molecule has 188 valence electrons. The Hall–Kier alpha value is -3.36. The number of fused-ring (bicyclic) bond motifs is 1. The van der Waals surface area contributed by atoms with Gasteiger partial charge < -0.3 is 19.7 Å². The minimum Gasteiger partial charge on any atom is -0.454 e. The highest BCUT2D eigenvalue weighted by atomic mass is 16.7. The van der Waals surface area contributed by atoms with E-state index >= 15 is 0 Å². The van der Waals surface area contributed by atoms with Gasteiger partial charge in [-0.1, -0.05) is 36.4 Å². The molecule has 2 fully saturated rings. The average Bonchev–Trinajstić information content (AvgIpc) is 3.39. The quantitative estimate of drug-likeness (QED) is 0.544. The molecular weight excluding hydrogens is 452 g/mol. The summed E-state index contributed by atoms with van der Waals surface area (Å²) >= 11 is 0. The van der Waals surface area contributed by atoms with Crippen molar-refractivity contribution in [3.05, 3.63) is 72.1 Å². The SMILES string of the molecule is c1ccc(CN2CCC(Nc3cc(N4CCN(Cc5ccc6c(c5)OCO6)CC4)ncn3)CC2)cc1. The Labute approximate surface area is 212 Å². The van der Waals surface area contributed by atoms with Gasteiger partial charge in [-0.15, -0.1) is 0 Å². The normalized spacial score (nSPS) is 18.9. The van der Waals surface area contributed by atoms with E-state index in [2.05, 4.69) is 78.5 Å². The molecular formula is C28H34N6O2. The van der Waals surface area contributed by atoms with Gasteiger partial charge in [0.15, 0.2) is 11.5 Å². The molecule has 0 saturated carbocycles. The molecule has 2 saturated heterocycles. The van der Waals surface area contributed by atoms with Crippen LogP contribution in [0.4, 0.5) is 11.6 Å². The summed E-state index contributed by atoms with van der Waals surface area (Å²) in [6.45, 7) is 8.40. The molecule has 1 N–H and O–H groups in total. The number of nitrogens with zero attached hydrogens (tertiary/aromatic N) is 5. The molecule has 0 bridgehead atoms. The fraction of sp³-hybridized carbons (Fsp3) is 0.429. The number of ether oxygens (including phenoxy) is 2. The molecule has 2 aromatic carbocycles. The minimum atomic E-state index is 0.320. The predicted octanol–water partition coefficient (Wildman–Crippen LogP) is 3.60. The minimum absolute atomic E-state index is 0.320. The summed E-state index contributed by atoms with van der Waals surface area (Å²) in [6.07, 6.45) is 3.95. The van der Waals surface area contributed by atoms with Crippen LogP contribution in [-0.4, -0.2) is 71.9 Å². The second-order valence-corrected chi connectivity index (χ2v) is 9.89. The molecule has 6 rings (SSSR count). The Kier molecular flexibility index (Phi) is 6.87. The summed E-state index contributed by atoms with van der Waals surface area (Å²) in [5.41, 5.74) is 2.65. The Morgan fingerprint density at radius 2 is 1.50 bits per heavy atom. The smallest absolute Gasteiger partial charge is 0.231 e. The van der Waals surface area contributed by atoms with Crippen molar-refractivity contribution in [2.45, 2.75) is 32.0 Å². The Morgan fingerprint density at radius 1 is 0.750 bits per heavy atom. The second-order valence-electron chi connectivity index (χ2n) is 9.89. The molecule has 0 amide bonds. The monoisotopic (exact) mass is 486 g/mol. The molecule has 0 aliphatic carbocycles. The van der Waals surface area contributed by atoms with Gasteiger partial charge in [0, 0.05) is 64.5 Å². The molecule has 4 heterocycles. The van der Waals surface area contributed by atoms with Gasteiger partial charge in [0.05, 0.1) is 0 Å². The molecule has 3 aliphatic heterocycles. The highest BCUT2D eigenvalue weighted by molar-refractivity contribution is 5.49. The van der Waals surface area contributed by atoms with E-state index in [0.717, 1.165) is 88.3 Å². The maximum absolute atomic E-state index is 5.53. The van der Waals surface area contributed by atoms with Crippen molar-refractivity contribution >= 4 is 11.6 Å². The lowest BCUT2D eigenvalue weighted by Crippen LogP contribution is -2.46. The number of hydrogen-bond acceptors (Lipinski definition) is 8. The van der Waals surface area contributed by atoms with Crippen LogP contribution in [0.15, 0.2) is 60.9 Å². The van der Waals surface area contributed by atoms with Crippen molar-refractivity contribution in [3.8, 4) is 11.5 Å². The van der Waals surface area contributed by atoms with Crippen LogP contribution in [0, 0.1) is 0 Å². The van der Waals surface area contributed by atoms with Gasteiger partial charge in [0.2, 0.25) is 6.79 Å². The van der Waals surface area contributed by atoms with Crippen LogP contribution < -0.4 is 19.7 Å². The van der Waals surface area contributed by atoms with E-state index in [1.807, 2.05) is 6.07 Å². The van der Waals surface area contributed by atoms with E-state index in [9.17, 15) is 0 Å². The zero-order valence-corrected chi connectivity index (χ0v) is 20.7. The third-order valence-electron chi connectivity index (χ3n) is 7.38. The molecule has 36 heavy (non-hydrogen) atoms. The van der Waals surface area contributed by atoms with Crippen molar-refractivity contribution in [1.29, 1.82) is 0 Å².